The number of nitrogens with zero attached hydrogens (tertiary/aromatic N) is 1. The number of aromatic nitrogens is 1. The molecule has 2 aromatic carbocycles. The van der Waals surface area contributed by atoms with Gasteiger partial charge in [-0.05, 0) is 25.3 Å². The minimum absolute atomic E-state index is 0.377. The van der Waals surface area contributed by atoms with Crippen LogP contribution >= 0.6 is 0 Å². The van der Waals surface area contributed by atoms with Crippen molar-refractivity contribution in [3.8, 4) is 0 Å². The number of fused-ring (bicyclic) bond motifs is 3. The number of hydrogen-bond acceptors (Lipinski definition) is 2. The van der Waals surface area contributed by atoms with Gasteiger partial charge in [-0.15, -0.1) is 0 Å². The molecule has 0 spiro atoms. The van der Waals surface area contributed by atoms with Gasteiger partial charge in [-0.25, -0.2) is 4.98 Å². The largest absolute Gasteiger partial charge is 0.367 e. The van der Waals surface area contributed by atoms with Gasteiger partial charge in [-0.2, -0.15) is 0 Å². The summed E-state index contributed by atoms with van der Waals surface area (Å²) in [6, 6.07) is 17.1. The summed E-state index contributed by atoms with van der Waals surface area (Å²) in [6.07, 6.45) is 0. The lowest BCUT2D eigenvalue weighted by atomic mass is 10.1. The molecule has 2 heteroatoms. The summed E-state index contributed by atoms with van der Waals surface area (Å²) in [5.74, 6) is 0.972. The monoisotopic (exact) mass is 236 g/mol. The number of pyridine rings is 1. The van der Waals surface area contributed by atoms with Crippen molar-refractivity contribution < 1.29 is 0 Å². The van der Waals surface area contributed by atoms with E-state index < -0.39 is 0 Å². The minimum atomic E-state index is 0.377. The molecule has 0 saturated carbocycles. The van der Waals surface area contributed by atoms with E-state index in [1.165, 1.54) is 16.2 Å². The average molecular weight is 236 g/mol. The molecule has 0 aliphatic rings. The first-order chi connectivity index (χ1) is 8.75. The molecule has 0 atom stereocenters. The third-order valence-electron chi connectivity index (χ3n) is 3.03. The summed E-state index contributed by atoms with van der Waals surface area (Å²) >= 11 is 0. The summed E-state index contributed by atoms with van der Waals surface area (Å²) in [7, 11) is 0. The zero-order valence-corrected chi connectivity index (χ0v) is 10.6. The number of nitrogens with one attached hydrogen (secondary N) is 1. The molecular formula is C16H16N2. The Hall–Kier alpha value is -2.09. The van der Waals surface area contributed by atoms with E-state index in [-0.39, 0.29) is 0 Å². The smallest absolute Gasteiger partial charge is 0.134 e. The fourth-order valence-corrected chi connectivity index (χ4v) is 2.29. The predicted octanol–water partition coefficient (Wildman–Crippen LogP) is 4.21. The van der Waals surface area contributed by atoms with E-state index in [4.69, 9.17) is 4.98 Å². The van der Waals surface area contributed by atoms with E-state index in [1.54, 1.807) is 0 Å². The second kappa shape index (κ2) is 4.30. The molecule has 2 nitrogen and oxygen atoms in total. The Labute approximate surface area is 107 Å². The molecule has 0 saturated heterocycles. The van der Waals surface area contributed by atoms with Crippen LogP contribution in [0.1, 0.15) is 13.8 Å². The quantitative estimate of drug-likeness (QED) is 0.674. The van der Waals surface area contributed by atoms with Crippen molar-refractivity contribution in [2.24, 2.45) is 0 Å². The maximum atomic E-state index is 4.73. The molecule has 0 bridgehead atoms. The second-order valence-corrected chi connectivity index (χ2v) is 4.82. The molecule has 0 unspecified atom stereocenters. The topological polar surface area (TPSA) is 24.9 Å². The first-order valence-electron chi connectivity index (χ1n) is 6.30. The fourth-order valence-electron chi connectivity index (χ4n) is 2.29. The number of para-hydroxylation sites is 1. The van der Waals surface area contributed by atoms with Gasteiger partial charge in [0.1, 0.15) is 5.82 Å². The zero-order chi connectivity index (χ0) is 12.5. The molecule has 0 fully saturated rings. The van der Waals surface area contributed by atoms with Crippen LogP contribution in [0.5, 0.6) is 0 Å². The van der Waals surface area contributed by atoms with Gasteiger partial charge in [0.2, 0.25) is 0 Å². The summed E-state index contributed by atoms with van der Waals surface area (Å²) in [5, 5.41) is 7.08. The van der Waals surface area contributed by atoms with E-state index in [1.807, 2.05) is 6.07 Å². The first-order valence-corrected chi connectivity index (χ1v) is 6.30. The van der Waals surface area contributed by atoms with Gasteiger partial charge in [0.15, 0.2) is 0 Å². The Morgan fingerprint density at radius 3 is 2.17 bits per heavy atom. The molecule has 0 aliphatic heterocycles. The summed E-state index contributed by atoms with van der Waals surface area (Å²) in [6.45, 7) is 4.26. The molecular weight excluding hydrogens is 220 g/mol. The molecule has 0 amide bonds. The van der Waals surface area contributed by atoms with E-state index in [9.17, 15) is 0 Å². The number of benzene rings is 2. The highest BCUT2D eigenvalue weighted by Crippen LogP contribution is 2.29. The van der Waals surface area contributed by atoms with Crippen molar-refractivity contribution in [3.63, 3.8) is 0 Å². The van der Waals surface area contributed by atoms with E-state index in [0.29, 0.717) is 6.04 Å². The van der Waals surface area contributed by atoms with Crippen LogP contribution in [0.2, 0.25) is 0 Å². The second-order valence-electron chi connectivity index (χ2n) is 4.82. The van der Waals surface area contributed by atoms with Crippen LogP contribution in [0.3, 0.4) is 0 Å². The number of rotatable bonds is 2. The van der Waals surface area contributed by atoms with Crippen LogP contribution in [-0.4, -0.2) is 11.0 Å². The minimum Gasteiger partial charge on any atom is -0.367 e. The highest BCUT2D eigenvalue weighted by Gasteiger charge is 2.07. The standard InChI is InChI=1S/C16H16N2/c1-11(2)17-16-14-9-4-3-7-12(14)13-8-5-6-10-15(13)18-16/h3-11H,1-2H3,(H,17,18). The Kier molecular flexibility index (Phi) is 2.63. The molecule has 90 valence electrons. The van der Waals surface area contributed by atoms with Crippen molar-refractivity contribution in [1.29, 1.82) is 0 Å². The van der Waals surface area contributed by atoms with Crippen molar-refractivity contribution in [2.75, 3.05) is 5.32 Å². The van der Waals surface area contributed by atoms with Gasteiger partial charge in [0.05, 0.1) is 5.52 Å². The highest BCUT2D eigenvalue weighted by molar-refractivity contribution is 6.09. The van der Waals surface area contributed by atoms with Gasteiger partial charge < -0.3 is 5.32 Å². The molecule has 0 aliphatic carbocycles. The van der Waals surface area contributed by atoms with Gasteiger partial charge >= 0.3 is 0 Å². The predicted molar refractivity (Wildman–Crippen MR) is 78.0 cm³/mol. The van der Waals surface area contributed by atoms with Crippen molar-refractivity contribution in [2.45, 2.75) is 19.9 Å². The van der Waals surface area contributed by atoms with Gasteiger partial charge in [-0.3, -0.25) is 0 Å². The fraction of sp³-hybridized carbons (Fsp3) is 0.188. The van der Waals surface area contributed by atoms with Crippen LogP contribution in [0.15, 0.2) is 48.5 Å². The zero-order valence-electron chi connectivity index (χ0n) is 10.6. The number of anilines is 1. The first kappa shape index (κ1) is 11.0. The molecule has 0 radical (unpaired) electrons. The molecule has 18 heavy (non-hydrogen) atoms. The van der Waals surface area contributed by atoms with Crippen LogP contribution < -0.4 is 5.32 Å². The average Bonchev–Trinajstić information content (AvgIpc) is 2.38. The van der Waals surface area contributed by atoms with Gasteiger partial charge in [0.25, 0.3) is 0 Å². The maximum absolute atomic E-state index is 4.73. The third kappa shape index (κ3) is 1.80. The van der Waals surface area contributed by atoms with Crippen LogP contribution in [0.4, 0.5) is 5.82 Å². The Balaban J connectivity index is 2.39. The van der Waals surface area contributed by atoms with Crippen molar-refractivity contribution >= 4 is 27.5 Å². The van der Waals surface area contributed by atoms with E-state index >= 15 is 0 Å². The Bertz CT molecular complexity index is 702. The molecule has 1 heterocycles. The van der Waals surface area contributed by atoms with Gasteiger partial charge in [-0.1, -0.05) is 42.5 Å². The summed E-state index contributed by atoms with van der Waals surface area (Å²) in [5.41, 5.74) is 1.04. The molecule has 3 aromatic rings. The van der Waals surface area contributed by atoms with Crippen molar-refractivity contribution in [3.05, 3.63) is 48.5 Å². The summed E-state index contributed by atoms with van der Waals surface area (Å²) < 4.78 is 0. The molecule has 1 N–H and O–H groups in total. The van der Waals surface area contributed by atoms with E-state index in [0.717, 1.165) is 11.3 Å². The lowest BCUT2D eigenvalue weighted by molar-refractivity contribution is 0.894. The van der Waals surface area contributed by atoms with Crippen molar-refractivity contribution in [1.82, 2.24) is 4.98 Å². The normalized spacial score (nSPS) is 11.3. The summed E-state index contributed by atoms with van der Waals surface area (Å²) in [4.78, 5) is 4.73. The lowest BCUT2D eigenvalue weighted by Gasteiger charge is -2.13. The van der Waals surface area contributed by atoms with E-state index in [2.05, 4.69) is 61.6 Å². The van der Waals surface area contributed by atoms with Crippen LogP contribution in [0.25, 0.3) is 21.7 Å². The Morgan fingerprint density at radius 1 is 0.833 bits per heavy atom. The molecule has 1 aromatic heterocycles. The maximum Gasteiger partial charge on any atom is 0.134 e. The SMILES string of the molecule is CC(C)Nc1nc2ccccc2c2ccccc12. The molecule has 3 rings (SSSR count). The third-order valence-corrected chi connectivity index (χ3v) is 3.03. The van der Waals surface area contributed by atoms with Crippen LogP contribution in [-0.2, 0) is 0 Å². The van der Waals surface area contributed by atoms with Gasteiger partial charge in [0, 0.05) is 16.8 Å². The van der Waals surface area contributed by atoms with Crippen LogP contribution in [0, 0.1) is 0 Å². The lowest BCUT2D eigenvalue weighted by Crippen LogP contribution is -2.11. The number of hydrogen-bond donors (Lipinski definition) is 1. The Morgan fingerprint density at radius 2 is 1.44 bits per heavy atom. The highest BCUT2D eigenvalue weighted by atomic mass is 15.0.